The van der Waals surface area contributed by atoms with E-state index in [0.29, 0.717) is 12.8 Å². The average Bonchev–Trinajstić information content (AvgIpc) is 3.16. The van der Waals surface area contributed by atoms with Gasteiger partial charge in [0.05, 0.1) is 0 Å². The van der Waals surface area contributed by atoms with Crippen molar-refractivity contribution in [1.29, 1.82) is 0 Å². The van der Waals surface area contributed by atoms with Crippen molar-refractivity contribution >= 4 is 11.9 Å². The van der Waals surface area contributed by atoms with Crippen LogP contribution in [0.25, 0.3) is 0 Å². The van der Waals surface area contributed by atoms with Crippen LogP contribution in [0.2, 0.25) is 0 Å². The molecule has 0 N–H and O–H groups in total. The van der Waals surface area contributed by atoms with E-state index >= 15 is 0 Å². The molecule has 55 heavy (non-hydrogen) atoms. The minimum absolute atomic E-state index is 0.0116. The predicted molar refractivity (Wildman–Crippen MR) is 240 cm³/mol. The number of carbonyl (C=O) groups is 2. The summed E-state index contributed by atoms with van der Waals surface area (Å²) in [4.78, 5) is 28.4. The van der Waals surface area contributed by atoms with E-state index in [0.717, 1.165) is 90.0 Å². The Hall–Kier alpha value is -1.10. The van der Waals surface area contributed by atoms with Crippen molar-refractivity contribution in [2.75, 3.05) is 20.6 Å². The van der Waals surface area contributed by atoms with Crippen LogP contribution in [0.4, 0.5) is 0 Å². The number of nitrogens with zero attached hydrogens (tertiary/aromatic N) is 1. The molecule has 0 fully saturated rings. The second kappa shape index (κ2) is 41.1. The van der Waals surface area contributed by atoms with E-state index in [1.165, 1.54) is 154 Å². The van der Waals surface area contributed by atoms with Crippen molar-refractivity contribution in [1.82, 2.24) is 4.90 Å². The van der Waals surface area contributed by atoms with Crippen LogP contribution in [-0.2, 0) is 19.1 Å². The van der Waals surface area contributed by atoms with E-state index in [1.807, 2.05) is 0 Å². The van der Waals surface area contributed by atoms with Crippen molar-refractivity contribution in [2.24, 2.45) is 0 Å². The molecule has 0 saturated heterocycles. The molecule has 0 spiro atoms. The molecule has 0 rings (SSSR count). The highest BCUT2D eigenvalue weighted by atomic mass is 16.6. The molecule has 0 bridgehead atoms. The maximum absolute atomic E-state index is 13.3. The van der Waals surface area contributed by atoms with Gasteiger partial charge in [0.2, 0.25) is 0 Å². The first kappa shape index (κ1) is 53.9. The van der Waals surface area contributed by atoms with Gasteiger partial charge >= 0.3 is 11.9 Å². The summed E-state index contributed by atoms with van der Waals surface area (Å²) in [6.45, 7) is 10.0. The fourth-order valence-electron chi connectivity index (χ4n) is 8.23. The summed E-state index contributed by atoms with van der Waals surface area (Å²) in [5.41, 5.74) is -0.313. The number of ether oxygens (including phenoxy) is 2. The van der Waals surface area contributed by atoms with Gasteiger partial charge in [-0.25, -0.2) is 0 Å². The molecular formula is C50H99NO4. The largest absolute Gasteiger partial charge is 0.462 e. The molecule has 0 unspecified atom stereocenters. The Labute approximate surface area is 345 Å². The van der Waals surface area contributed by atoms with E-state index in [4.69, 9.17) is 9.47 Å². The highest BCUT2D eigenvalue weighted by Gasteiger charge is 2.33. The maximum atomic E-state index is 13.3. The highest BCUT2D eigenvalue weighted by molar-refractivity contribution is 5.70. The summed E-state index contributed by atoms with van der Waals surface area (Å²) in [5, 5.41) is 0. The van der Waals surface area contributed by atoms with Gasteiger partial charge in [-0.3, -0.25) is 9.59 Å². The Morgan fingerprint density at radius 3 is 1.13 bits per heavy atom. The second-order valence-electron chi connectivity index (χ2n) is 17.8. The molecule has 5 heteroatoms. The van der Waals surface area contributed by atoms with Gasteiger partial charge in [0.25, 0.3) is 0 Å². The molecule has 0 atom stereocenters. The second-order valence-corrected chi connectivity index (χ2v) is 17.8. The maximum Gasteiger partial charge on any atom is 0.306 e. The zero-order valence-corrected chi connectivity index (χ0v) is 38.4. The van der Waals surface area contributed by atoms with Gasteiger partial charge in [0, 0.05) is 12.8 Å². The quantitative estimate of drug-likeness (QED) is 0.0455. The van der Waals surface area contributed by atoms with E-state index in [1.54, 1.807) is 0 Å². The zero-order valence-electron chi connectivity index (χ0n) is 38.4. The van der Waals surface area contributed by atoms with Gasteiger partial charge in [-0.15, -0.1) is 0 Å². The van der Waals surface area contributed by atoms with Crippen LogP contribution in [0.15, 0.2) is 0 Å². The van der Waals surface area contributed by atoms with Crippen molar-refractivity contribution in [2.45, 2.75) is 290 Å². The fraction of sp³-hybridized carbons (Fsp3) is 0.960. The molecule has 0 aliphatic rings. The first-order valence-corrected chi connectivity index (χ1v) is 24.9. The topological polar surface area (TPSA) is 55.8 Å². The van der Waals surface area contributed by atoms with Gasteiger partial charge in [0.1, 0.15) is 11.7 Å². The van der Waals surface area contributed by atoms with Crippen LogP contribution in [0, 0.1) is 0 Å². The van der Waals surface area contributed by atoms with Crippen molar-refractivity contribution in [3.63, 3.8) is 0 Å². The van der Waals surface area contributed by atoms with Gasteiger partial charge in [-0.05, 0) is 97.7 Å². The number of hydrogen-bond donors (Lipinski definition) is 0. The lowest BCUT2D eigenvalue weighted by Crippen LogP contribution is -2.35. The Morgan fingerprint density at radius 1 is 0.418 bits per heavy atom. The molecule has 0 aromatic heterocycles. The van der Waals surface area contributed by atoms with E-state index in [9.17, 15) is 9.59 Å². The standard InChI is InChI=1S/C50H99NO4/c1-7-11-15-19-23-29-35-43-50(44-36-30-24-20-16-12-8-2,55-49(53)42-38-46-51(5)6)45-37-31-25-28-34-41-48(52)54-47(39-32-26-21-17-13-9-3)40-33-27-22-18-14-10-4/h47H,7-46H2,1-6H3. The third-order valence-electron chi connectivity index (χ3n) is 11.9. The normalized spacial score (nSPS) is 11.9. The molecule has 5 nitrogen and oxygen atoms in total. The third kappa shape index (κ3) is 37.0. The van der Waals surface area contributed by atoms with Gasteiger partial charge in [0.15, 0.2) is 0 Å². The molecule has 0 amide bonds. The molecule has 0 aromatic rings. The molecule has 0 saturated carbocycles. The van der Waals surface area contributed by atoms with Crippen LogP contribution in [-0.4, -0.2) is 49.2 Å². The Bertz CT molecular complexity index is 780. The summed E-state index contributed by atoms with van der Waals surface area (Å²) in [6.07, 6.45) is 45.9. The zero-order chi connectivity index (χ0) is 40.5. The highest BCUT2D eigenvalue weighted by Crippen LogP contribution is 2.34. The SMILES string of the molecule is CCCCCCCCCC(CCCCCCCCC)(CCCCCCCC(=O)OC(CCCCCCCC)CCCCCCCC)OC(=O)CCCN(C)C. The lowest BCUT2D eigenvalue weighted by Gasteiger charge is -2.34. The van der Waals surface area contributed by atoms with Crippen molar-refractivity contribution in [3.05, 3.63) is 0 Å². The van der Waals surface area contributed by atoms with Crippen LogP contribution < -0.4 is 0 Å². The molecular weight excluding hydrogens is 679 g/mol. The summed E-state index contributed by atoms with van der Waals surface area (Å²) >= 11 is 0. The lowest BCUT2D eigenvalue weighted by atomic mass is 9.84. The summed E-state index contributed by atoms with van der Waals surface area (Å²) in [6, 6.07) is 0. The van der Waals surface area contributed by atoms with Crippen LogP contribution in [0.3, 0.4) is 0 Å². The first-order valence-electron chi connectivity index (χ1n) is 24.9. The average molecular weight is 778 g/mol. The fourth-order valence-corrected chi connectivity index (χ4v) is 8.23. The van der Waals surface area contributed by atoms with Crippen LogP contribution >= 0.6 is 0 Å². The number of rotatable bonds is 44. The smallest absolute Gasteiger partial charge is 0.306 e. The predicted octanol–water partition coefficient (Wildman–Crippen LogP) is 16.0. The van der Waals surface area contributed by atoms with Gasteiger partial charge in [-0.2, -0.15) is 0 Å². The summed E-state index contributed by atoms with van der Waals surface area (Å²) in [5.74, 6) is 0.0316. The molecule has 0 aliphatic carbocycles. The third-order valence-corrected chi connectivity index (χ3v) is 11.9. The van der Waals surface area contributed by atoms with E-state index < -0.39 is 0 Å². The Balaban J connectivity index is 5.07. The van der Waals surface area contributed by atoms with Crippen LogP contribution in [0.1, 0.15) is 278 Å². The van der Waals surface area contributed by atoms with E-state index in [2.05, 4.69) is 46.7 Å². The molecule has 0 aliphatic heterocycles. The molecule has 328 valence electrons. The molecule has 0 radical (unpaired) electrons. The van der Waals surface area contributed by atoms with Gasteiger partial charge in [-0.1, -0.05) is 188 Å². The van der Waals surface area contributed by atoms with Crippen LogP contribution in [0.5, 0.6) is 0 Å². The van der Waals surface area contributed by atoms with E-state index in [-0.39, 0.29) is 23.6 Å². The monoisotopic (exact) mass is 778 g/mol. The minimum Gasteiger partial charge on any atom is -0.462 e. The number of hydrogen-bond acceptors (Lipinski definition) is 5. The summed E-state index contributed by atoms with van der Waals surface area (Å²) in [7, 11) is 4.15. The number of unbranched alkanes of at least 4 members (excludes halogenated alkanes) is 26. The first-order chi connectivity index (χ1) is 26.8. The van der Waals surface area contributed by atoms with Gasteiger partial charge < -0.3 is 14.4 Å². The van der Waals surface area contributed by atoms with Crippen molar-refractivity contribution < 1.29 is 19.1 Å². The Kier molecular flexibility index (Phi) is 40.3. The lowest BCUT2D eigenvalue weighted by molar-refractivity contribution is -0.163. The van der Waals surface area contributed by atoms with Crippen molar-refractivity contribution in [3.8, 4) is 0 Å². The number of esters is 2. The molecule has 0 heterocycles. The Morgan fingerprint density at radius 2 is 0.745 bits per heavy atom. The number of carbonyl (C=O) groups excluding carboxylic acids is 2. The summed E-state index contributed by atoms with van der Waals surface area (Å²) < 4.78 is 12.7. The molecule has 0 aromatic carbocycles. The minimum atomic E-state index is -0.313.